The van der Waals surface area contributed by atoms with Gasteiger partial charge in [0.25, 0.3) is 5.91 Å². The smallest absolute Gasteiger partial charge is 0.275 e. The molecule has 2 aromatic carbocycles. The summed E-state index contributed by atoms with van der Waals surface area (Å²) in [4.78, 5) is 30.8. The van der Waals surface area contributed by atoms with Crippen LogP contribution >= 0.6 is 11.6 Å². The summed E-state index contributed by atoms with van der Waals surface area (Å²) < 4.78 is 8.38. The molecule has 0 saturated heterocycles. The van der Waals surface area contributed by atoms with Gasteiger partial charge in [-0.15, -0.1) is 0 Å². The molecule has 10 nitrogen and oxygen atoms in total. The van der Waals surface area contributed by atoms with E-state index < -0.39 is 6.04 Å². The minimum absolute atomic E-state index is 0.144. The highest BCUT2D eigenvalue weighted by Gasteiger charge is 2.41. The van der Waals surface area contributed by atoms with Crippen molar-refractivity contribution in [3.63, 3.8) is 0 Å². The maximum atomic E-state index is 13.8. The molecule has 0 aliphatic carbocycles. The normalized spacial score (nSPS) is 17.3. The maximum Gasteiger partial charge on any atom is 0.275 e. The Morgan fingerprint density at radius 2 is 1.95 bits per heavy atom. The van der Waals surface area contributed by atoms with Crippen LogP contribution in [0.5, 0.6) is 0 Å². The van der Waals surface area contributed by atoms with Crippen LogP contribution in [-0.2, 0) is 24.2 Å². The quantitative estimate of drug-likeness (QED) is 0.354. The van der Waals surface area contributed by atoms with Crippen molar-refractivity contribution < 1.29 is 14.2 Å². The Balaban J connectivity index is 1.26. The van der Waals surface area contributed by atoms with Crippen LogP contribution in [0.1, 0.15) is 27.2 Å². The first-order valence-electron chi connectivity index (χ1n) is 12.3. The van der Waals surface area contributed by atoms with Crippen molar-refractivity contribution in [2.75, 3.05) is 18.5 Å². The number of rotatable bonds is 4. The summed E-state index contributed by atoms with van der Waals surface area (Å²) in [6, 6.07) is 14.9. The predicted octanol–water partition coefficient (Wildman–Crippen LogP) is 3.50. The highest BCUT2D eigenvalue weighted by molar-refractivity contribution is 6.31. The Morgan fingerprint density at radius 3 is 2.74 bits per heavy atom. The van der Waals surface area contributed by atoms with Crippen molar-refractivity contribution in [3.05, 3.63) is 88.5 Å². The second kappa shape index (κ2) is 8.56. The fourth-order valence-electron chi connectivity index (χ4n) is 5.62. The monoisotopic (exact) mass is 527 g/mol. The number of fused-ring (bicyclic) bond motifs is 1. The summed E-state index contributed by atoms with van der Waals surface area (Å²) >= 11 is 6.67. The van der Waals surface area contributed by atoms with Crippen molar-refractivity contribution in [2.24, 2.45) is 0 Å². The number of benzene rings is 2. The minimum Gasteiger partial charge on any atom is -0.325 e. The van der Waals surface area contributed by atoms with Crippen LogP contribution in [0, 0.1) is 0 Å². The van der Waals surface area contributed by atoms with E-state index in [4.69, 9.17) is 16.2 Å². The van der Waals surface area contributed by atoms with Gasteiger partial charge in [-0.1, -0.05) is 53.2 Å². The minimum atomic E-state index is -0.694. The average Bonchev–Trinajstić information content (AvgIpc) is 3.65. The molecule has 0 fully saturated rings. The largest absolute Gasteiger partial charge is 0.325 e. The van der Waals surface area contributed by atoms with Crippen molar-refractivity contribution in [1.82, 2.24) is 29.6 Å². The van der Waals surface area contributed by atoms with E-state index in [1.807, 2.05) is 59.3 Å². The number of hydrogen-bond acceptors (Lipinski definition) is 6. The number of carbonyl (C=O) groups excluding carboxylic acids is 2. The molecule has 2 aliphatic rings. The van der Waals surface area contributed by atoms with Gasteiger partial charge in [0.15, 0.2) is 5.69 Å². The molecule has 3 aromatic heterocycles. The van der Waals surface area contributed by atoms with E-state index in [1.165, 1.54) is 0 Å². The summed E-state index contributed by atoms with van der Waals surface area (Å²) in [6.45, 7) is 0.836. The summed E-state index contributed by atoms with van der Waals surface area (Å²) in [6.07, 6.45) is 4.36. The number of carbonyl (C=O) groups is 2. The SMILES string of the molecule is CN1C(=O)[C@@H](N2CCc3c(nn(Cc4ccccc4)c3Cl)C2=O)Cc2cn(-c3cnon3)c3cccc1c23. The second-order valence-corrected chi connectivity index (χ2v) is 9.95. The van der Waals surface area contributed by atoms with E-state index in [9.17, 15) is 9.59 Å². The van der Waals surface area contributed by atoms with E-state index in [0.29, 0.717) is 42.6 Å². The van der Waals surface area contributed by atoms with Crippen molar-refractivity contribution in [2.45, 2.75) is 25.4 Å². The van der Waals surface area contributed by atoms with Gasteiger partial charge in [0.1, 0.15) is 17.4 Å². The van der Waals surface area contributed by atoms with E-state index in [2.05, 4.69) is 15.4 Å². The van der Waals surface area contributed by atoms with E-state index in [0.717, 1.165) is 33.3 Å². The molecular formula is C27H22ClN7O3. The molecule has 5 aromatic rings. The molecule has 0 saturated carbocycles. The molecule has 38 heavy (non-hydrogen) atoms. The van der Waals surface area contributed by atoms with Crippen LogP contribution in [0.25, 0.3) is 16.7 Å². The van der Waals surface area contributed by atoms with Gasteiger partial charge in [0.05, 0.1) is 17.7 Å². The molecule has 1 atom stereocenters. The van der Waals surface area contributed by atoms with Crippen LogP contribution in [0.3, 0.4) is 0 Å². The lowest BCUT2D eigenvalue weighted by Crippen LogP contribution is -2.53. The molecule has 0 unspecified atom stereocenters. The lowest BCUT2D eigenvalue weighted by Gasteiger charge is -2.34. The predicted molar refractivity (Wildman–Crippen MR) is 140 cm³/mol. The van der Waals surface area contributed by atoms with E-state index in [-0.39, 0.29) is 11.8 Å². The molecule has 190 valence electrons. The Labute approximate surface area is 222 Å². The summed E-state index contributed by atoms with van der Waals surface area (Å²) in [7, 11) is 1.75. The highest BCUT2D eigenvalue weighted by atomic mass is 35.5. The number of likely N-dealkylation sites (N-methyl/N-ethyl adjacent to an activating group) is 1. The lowest BCUT2D eigenvalue weighted by atomic mass is 10.0. The fourth-order valence-corrected chi connectivity index (χ4v) is 5.90. The van der Waals surface area contributed by atoms with Gasteiger partial charge in [0, 0.05) is 37.2 Å². The van der Waals surface area contributed by atoms with Crippen molar-refractivity contribution >= 4 is 40.0 Å². The summed E-state index contributed by atoms with van der Waals surface area (Å²) in [5.41, 5.74) is 4.67. The Hall–Kier alpha value is -4.44. The lowest BCUT2D eigenvalue weighted by molar-refractivity contribution is -0.122. The molecular weight excluding hydrogens is 506 g/mol. The van der Waals surface area contributed by atoms with E-state index >= 15 is 0 Å². The zero-order chi connectivity index (χ0) is 26.0. The van der Waals surface area contributed by atoms with Gasteiger partial charge >= 0.3 is 0 Å². The third kappa shape index (κ3) is 3.37. The standard InChI is InChI=1S/C27H22ClN7O3/c1-32-19-8-5-9-20-23(19)17(15-34(20)22-13-29-38-31-22)12-21(26(32)36)33-11-10-18-24(27(33)37)30-35(25(18)28)14-16-6-3-2-4-7-16/h2-9,13,15,21H,10-12,14H2,1H3/t21-/m0/s1. The zero-order valence-electron chi connectivity index (χ0n) is 20.4. The molecule has 0 spiro atoms. The number of hydrogen-bond donors (Lipinski definition) is 0. The fraction of sp³-hybridized carbons (Fsp3) is 0.222. The molecule has 0 bridgehead atoms. The Bertz CT molecular complexity index is 1710. The molecule has 7 rings (SSSR count). The number of anilines is 1. The number of halogens is 1. The first kappa shape index (κ1) is 22.7. The molecule has 11 heteroatoms. The van der Waals surface area contributed by atoms with Crippen LogP contribution in [0.2, 0.25) is 5.15 Å². The maximum absolute atomic E-state index is 13.8. The van der Waals surface area contributed by atoms with Crippen LogP contribution in [0.15, 0.2) is 65.6 Å². The summed E-state index contributed by atoms with van der Waals surface area (Å²) in [5, 5.41) is 13.7. The van der Waals surface area contributed by atoms with Crippen molar-refractivity contribution in [3.8, 4) is 5.82 Å². The van der Waals surface area contributed by atoms with Gasteiger partial charge in [-0.2, -0.15) is 5.10 Å². The van der Waals surface area contributed by atoms with Gasteiger partial charge in [-0.05, 0) is 34.8 Å². The molecule has 2 amide bonds. The topological polar surface area (TPSA) is 102 Å². The highest BCUT2D eigenvalue weighted by Crippen LogP contribution is 2.38. The third-order valence-electron chi connectivity index (χ3n) is 7.47. The van der Waals surface area contributed by atoms with Gasteiger partial charge in [0.2, 0.25) is 11.7 Å². The van der Waals surface area contributed by atoms with Crippen LogP contribution in [0.4, 0.5) is 5.69 Å². The first-order valence-corrected chi connectivity index (χ1v) is 12.7. The third-order valence-corrected chi connectivity index (χ3v) is 7.90. The first-order chi connectivity index (χ1) is 18.5. The average molecular weight is 528 g/mol. The van der Waals surface area contributed by atoms with Crippen LogP contribution in [-0.4, -0.2) is 61.0 Å². The molecule has 0 radical (unpaired) electrons. The van der Waals surface area contributed by atoms with Gasteiger partial charge in [-0.25, -0.2) is 9.31 Å². The second-order valence-electron chi connectivity index (χ2n) is 9.59. The molecule has 2 aliphatic heterocycles. The zero-order valence-corrected chi connectivity index (χ0v) is 21.2. The Morgan fingerprint density at radius 1 is 1.11 bits per heavy atom. The number of amides is 2. The molecule has 0 N–H and O–H groups in total. The Kier molecular flexibility index (Phi) is 5.12. The number of aromatic nitrogens is 5. The van der Waals surface area contributed by atoms with Crippen molar-refractivity contribution in [1.29, 1.82) is 0 Å². The van der Waals surface area contributed by atoms with E-state index in [1.54, 1.807) is 27.7 Å². The summed E-state index contributed by atoms with van der Waals surface area (Å²) in [5.74, 6) is 0.116. The van der Waals surface area contributed by atoms with Gasteiger partial charge in [-0.3, -0.25) is 14.2 Å². The van der Waals surface area contributed by atoms with Gasteiger partial charge < -0.3 is 9.80 Å². The number of nitrogens with zero attached hydrogens (tertiary/aromatic N) is 7. The van der Waals surface area contributed by atoms with Crippen LogP contribution < -0.4 is 4.90 Å². The molecule has 5 heterocycles.